The Hall–Kier alpha value is -1.66. The number of ether oxygens (including phenoxy) is 2. The first-order valence-electron chi connectivity index (χ1n) is 4.63. The summed E-state index contributed by atoms with van der Waals surface area (Å²) in [7, 11) is 1.12. The highest BCUT2D eigenvalue weighted by Gasteiger charge is 2.58. The van der Waals surface area contributed by atoms with Crippen LogP contribution in [0.15, 0.2) is 23.7 Å². The molecule has 0 radical (unpaired) electrons. The molecule has 1 heterocycles. The lowest BCUT2D eigenvalue weighted by Gasteiger charge is -2.29. The van der Waals surface area contributed by atoms with Crippen LogP contribution in [-0.4, -0.2) is 30.0 Å². The molecular formula is C10H11F3O4. The molecule has 0 bridgehead atoms. The number of carbonyl (C=O) groups is 1. The Morgan fingerprint density at radius 2 is 2.18 bits per heavy atom. The molecule has 1 N–H and O–H groups in total. The Labute approximate surface area is 95.3 Å². The van der Waals surface area contributed by atoms with E-state index in [1.807, 2.05) is 0 Å². The van der Waals surface area contributed by atoms with Crippen LogP contribution in [0.1, 0.15) is 13.3 Å². The largest absolute Gasteiger partial charge is 0.481 e. The van der Waals surface area contributed by atoms with Crippen molar-refractivity contribution < 1.29 is 32.5 Å². The molecule has 1 atom stereocenters. The summed E-state index contributed by atoms with van der Waals surface area (Å²) >= 11 is 0. The number of halogens is 3. The number of aliphatic hydroxyl groups excluding tert-OH is 1. The van der Waals surface area contributed by atoms with Crippen LogP contribution in [0.4, 0.5) is 13.2 Å². The Morgan fingerprint density at radius 3 is 2.53 bits per heavy atom. The molecule has 0 amide bonds. The number of hydrogen-bond acceptors (Lipinski definition) is 4. The average Bonchev–Trinajstić information content (AvgIpc) is 2.59. The van der Waals surface area contributed by atoms with Crippen molar-refractivity contribution in [3.05, 3.63) is 23.7 Å². The Kier molecular flexibility index (Phi) is 3.40. The Morgan fingerprint density at radius 1 is 1.59 bits per heavy atom. The van der Waals surface area contributed by atoms with Crippen LogP contribution in [0.2, 0.25) is 0 Å². The van der Waals surface area contributed by atoms with Gasteiger partial charge in [0.1, 0.15) is 0 Å². The van der Waals surface area contributed by atoms with Gasteiger partial charge in [0.2, 0.25) is 5.60 Å². The van der Waals surface area contributed by atoms with Crippen LogP contribution in [0, 0.1) is 0 Å². The second kappa shape index (κ2) is 4.31. The standard InChI is InChI=1S/C10H11F3O4/c1-6(8(15)16-2)5-9(10(11,12)13)4-3-7(14)17-9/h3-4,15H,5H2,1-2H3. The molecule has 0 saturated heterocycles. The fraction of sp³-hybridized carbons (Fsp3) is 0.500. The van der Waals surface area contributed by atoms with Crippen molar-refractivity contribution in [2.45, 2.75) is 25.1 Å². The number of carbonyl (C=O) groups excluding carboxylic acids is 1. The smallest absolute Gasteiger partial charge is 0.432 e. The maximum absolute atomic E-state index is 12.8. The fourth-order valence-electron chi connectivity index (χ4n) is 1.44. The normalized spacial score (nSPS) is 25.6. The van der Waals surface area contributed by atoms with Gasteiger partial charge in [-0.15, -0.1) is 0 Å². The number of alkyl halides is 3. The highest BCUT2D eigenvalue weighted by atomic mass is 19.4. The topological polar surface area (TPSA) is 55.8 Å². The van der Waals surface area contributed by atoms with E-state index < -0.39 is 30.1 Å². The van der Waals surface area contributed by atoms with Gasteiger partial charge in [0.05, 0.1) is 7.11 Å². The van der Waals surface area contributed by atoms with Crippen molar-refractivity contribution in [3.63, 3.8) is 0 Å². The van der Waals surface area contributed by atoms with Crippen molar-refractivity contribution in [2.24, 2.45) is 0 Å². The van der Waals surface area contributed by atoms with Crippen LogP contribution in [0.3, 0.4) is 0 Å². The van der Waals surface area contributed by atoms with E-state index in [0.29, 0.717) is 12.2 Å². The third-order valence-electron chi connectivity index (χ3n) is 2.34. The highest BCUT2D eigenvalue weighted by molar-refractivity contribution is 5.85. The molecule has 0 aromatic rings. The lowest BCUT2D eigenvalue weighted by atomic mass is 9.95. The van der Waals surface area contributed by atoms with Crippen molar-refractivity contribution in [1.29, 1.82) is 0 Å². The van der Waals surface area contributed by atoms with Crippen LogP contribution < -0.4 is 0 Å². The summed E-state index contributed by atoms with van der Waals surface area (Å²) in [6, 6.07) is 0. The minimum atomic E-state index is -4.76. The quantitative estimate of drug-likeness (QED) is 0.618. The Balaban J connectivity index is 3.04. The van der Waals surface area contributed by atoms with Gasteiger partial charge in [-0.25, -0.2) is 4.79 Å². The first-order chi connectivity index (χ1) is 7.72. The van der Waals surface area contributed by atoms with E-state index in [1.165, 1.54) is 6.92 Å². The first kappa shape index (κ1) is 13.4. The predicted molar refractivity (Wildman–Crippen MR) is 51.0 cm³/mol. The minimum Gasteiger partial charge on any atom is -0.481 e. The number of hydrogen-bond donors (Lipinski definition) is 1. The summed E-state index contributed by atoms with van der Waals surface area (Å²) in [5.74, 6) is -1.68. The third kappa shape index (κ3) is 2.54. The molecule has 0 saturated carbocycles. The first-order valence-corrected chi connectivity index (χ1v) is 4.63. The maximum atomic E-state index is 12.8. The van der Waals surface area contributed by atoms with Gasteiger partial charge in [-0.2, -0.15) is 13.2 Å². The van der Waals surface area contributed by atoms with Gasteiger partial charge in [-0.1, -0.05) is 0 Å². The van der Waals surface area contributed by atoms with E-state index in [4.69, 9.17) is 5.11 Å². The number of methoxy groups -OCH3 is 1. The molecule has 1 aliphatic rings. The number of rotatable bonds is 3. The zero-order valence-electron chi connectivity index (χ0n) is 9.17. The SMILES string of the molecule is COC(O)=C(C)CC1(C(F)(F)F)C=CC(=O)O1. The van der Waals surface area contributed by atoms with E-state index in [1.54, 1.807) is 0 Å². The summed E-state index contributed by atoms with van der Waals surface area (Å²) in [5.41, 5.74) is -2.79. The van der Waals surface area contributed by atoms with Crippen LogP contribution in [0.25, 0.3) is 0 Å². The van der Waals surface area contributed by atoms with E-state index in [0.717, 1.165) is 7.11 Å². The molecule has 0 aromatic carbocycles. The maximum Gasteiger partial charge on any atom is 0.432 e. The van der Waals surface area contributed by atoms with Crippen LogP contribution >= 0.6 is 0 Å². The van der Waals surface area contributed by atoms with Crippen molar-refractivity contribution in [1.82, 2.24) is 0 Å². The Bertz CT molecular complexity index is 384. The molecular weight excluding hydrogens is 241 g/mol. The van der Waals surface area contributed by atoms with Gasteiger partial charge >= 0.3 is 12.1 Å². The van der Waals surface area contributed by atoms with Crippen LogP contribution in [0.5, 0.6) is 0 Å². The molecule has 0 aromatic heterocycles. The second-order valence-corrected chi connectivity index (χ2v) is 3.61. The zero-order valence-corrected chi connectivity index (χ0v) is 9.17. The molecule has 17 heavy (non-hydrogen) atoms. The lowest BCUT2D eigenvalue weighted by Crippen LogP contribution is -2.45. The summed E-state index contributed by atoms with van der Waals surface area (Å²) in [5, 5.41) is 9.16. The van der Waals surface area contributed by atoms with Gasteiger partial charge in [0.25, 0.3) is 5.95 Å². The third-order valence-corrected chi connectivity index (χ3v) is 2.34. The lowest BCUT2D eigenvalue weighted by molar-refractivity contribution is -0.245. The number of esters is 1. The summed E-state index contributed by atoms with van der Waals surface area (Å²) in [6.45, 7) is 1.26. The summed E-state index contributed by atoms with van der Waals surface area (Å²) in [6.07, 6.45) is -4.12. The van der Waals surface area contributed by atoms with Gasteiger partial charge < -0.3 is 14.6 Å². The summed E-state index contributed by atoms with van der Waals surface area (Å²) in [4.78, 5) is 10.8. The molecule has 7 heteroatoms. The average molecular weight is 252 g/mol. The summed E-state index contributed by atoms with van der Waals surface area (Å²) < 4.78 is 47.2. The molecule has 1 rings (SSSR count). The van der Waals surface area contributed by atoms with Gasteiger partial charge in [0.15, 0.2) is 0 Å². The molecule has 0 spiro atoms. The van der Waals surface area contributed by atoms with E-state index in [-0.39, 0.29) is 5.57 Å². The van der Waals surface area contributed by atoms with E-state index >= 15 is 0 Å². The van der Waals surface area contributed by atoms with Crippen molar-refractivity contribution >= 4 is 5.97 Å². The number of aliphatic hydroxyl groups is 1. The van der Waals surface area contributed by atoms with Crippen molar-refractivity contribution in [2.75, 3.05) is 7.11 Å². The van der Waals surface area contributed by atoms with Gasteiger partial charge in [-0.05, 0) is 13.0 Å². The highest BCUT2D eigenvalue weighted by Crippen LogP contribution is 2.42. The monoisotopic (exact) mass is 252 g/mol. The zero-order chi connectivity index (χ0) is 13.3. The molecule has 4 nitrogen and oxygen atoms in total. The predicted octanol–water partition coefficient (Wildman–Crippen LogP) is 2.23. The van der Waals surface area contributed by atoms with Crippen molar-refractivity contribution in [3.8, 4) is 0 Å². The van der Waals surface area contributed by atoms with E-state index in [9.17, 15) is 18.0 Å². The second-order valence-electron chi connectivity index (χ2n) is 3.61. The van der Waals surface area contributed by atoms with Gasteiger partial charge in [0, 0.05) is 18.1 Å². The van der Waals surface area contributed by atoms with Gasteiger partial charge in [-0.3, -0.25) is 0 Å². The molecule has 0 aliphatic carbocycles. The molecule has 1 aliphatic heterocycles. The molecule has 96 valence electrons. The molecule has 0 fully saturated rings. The minimum absolute atomic E-state index is 0.0656. The molecule has 1 unspecified atom stereocenters. The van der Waals surface area contributed by atoms with Crippen LogP contribution in [-0.2, 0) is 14.3 Å². The van der Waals surface area contributed by atoms with E-state index in [2.05, 4.69) is 9.47 Å². The fourth-order valence-corrected chi connectivity index (χ4v) is 1.44. The number of cyclic esters (lactones) is 1.